The third-order valence-electron chi connectivity index (χ3n) is 4.78. The van der Waals surface area contributed by atoms with E-state index in [-0.39, 0.29) is 6.61 Å². The summed E-state index contributed by atoms with van der Waals surface area (Å²) in [5.74, 6) is 0. The van der Waals surface area contributed by atoms with Gasteiger partial charge in [0.15, 0.2) is 5.13 Å². The number of rotatable bonds is 7. The predicted octanol–water partition coefficient (Wildman–Crippen LogP) is 2.87. The second kappa shape index (κ2) is 7.07. The van der Waals surface area contributed by atoms with Crippen LogP contribution in [0.2, 0.25) is 0 Å². The number of aromatic nitrogens is 1. The van der Waals surface area contributed by atoms with Crippen LogP contribution in [0.25, 0.3) is 0 Å². The van der Waals surface area contributed by atoms with Crippen LogP contribution in [0.5, 0.6) is 0 Å². The third kappa shape index (κ3) is 3.96. The Hall–Kier alpha value is -0.650. The van der Waals surface area contributed by atoms with E-state index in [9.17, 15) is 5.11 Å². The molecule has 2 aliphatic carbocycles. The summed E-state index contributed by atoms with van der Waals surface area (Å²) in [6.45, 7) is 1.91. The normalized spacial score (nSPS) is 20.1. The fourth-order valence-corrected chi connectivity index (χ4v) is 4.18. The maximum Gasteiger partial charge on any atom is 0.185 e. The number of nitrogens with zero attached hydrogens (tertiary/aromatic N) is 3. The molecule has 21 heavy (non-hydrogen) atoms. The average Bonchev–Trinajstić information content (AvgIpc) is 3.26. The summed E-state index contributed by atoms with van der Waals surface area (Å²) >= 11 is 1.76. The van der Waals surface area contributed by atoms with E-state index in [0.29, 0.717) is 6.04 Å². The van der Waals surface area contributed by atoms with Crippen LogP contribution in [-0.4, -0.2) is 47.3 Å². The SMILES string of the molecule is CN(c1nc(CN(CCO)C2CCCCC2)cs1)C1CC1. The highest BCUT2D eigenvalue weighted by atomic mass is 32.1. The number of hydrogen-bond donors (Lipinski definition) is 1. The molecule has 1 heterocycles. The van der Waals surface area contributed by atoms with Crippen molar-refractivity contribution in [2.24, 2.45) is 0 Å². The van der Waals surface area contributed by atoms with Gasteiger partial charge in [-0.15, -0.1) is 11.3 Å². The van der Waals surface area contributed by atoms with Crippen molar-refractivity contribution in [2.45, 2.75) is 63.6 Å². The van der Waals surface area contributed by atoms with Gasteiger partial charge in [0.05, 0.1) is 12.3 Å². The van der Waals surface area contributed by atoms with Crippen LogP contribution in [-0.2, 0) is 6.54 Å². The van der Waals surface area contributed by atoms with Crippen LogP contribution in [0.4, 0.5) is 5.13 Å². The van der Waals surface area contributed by atoms with Gasteiger partial charge in [-0.2, -0.15) is 0 Å². The molecule has 0 unspecified atom stereocenters. The minimum absolute atomic E-state index is 0.246. The number of thiazole rings is 1. The van der Waals surface area contributed by atoms with Crippen molar-refractivity contribution in [3.63, 3.8) is 0 Å². The van der Waals surface area contributed by atoms with Gasteiger partial charge in [0.1, 0.15) is 0 Å². The maximum absolute atomic E-state index is 9.35. The first-order chi connectivity index (χ1) is 10.3. The van der Waals surface area contributed by atoms with Crippen molar-refractivity contribution in [3.05, 3.63) is 11.1 Å². The highest BCUT2D eigenvalue weighted by Crippen LogP contribution is 2.32. The van der Waals surface area contributed by atoms with Crippen molar-refractivity contribution < 1.29 is 5.11 Å². The molecule has 1 aromatic rings. The van der Waals surface area contributed by atoms with Gasteiger partial charge in [0, 0.05) is 37.6 Å². The molecule has 0 radical (unpaired) electrons. The van der Waals surface area contributed by atoms with Crippen molar-refractivity contribution in [3.8, 4) is 0 Å². The van der Waals surface area contributed by atoms with Gasteiger partial charge in [0.2, 0.25) is 0 Å². The second-order valence-corrected chi connectivity index (χ2v) is 7.29. The number of anilines is 1. The Morgan fingerprint density at radius 2 is 1.95 bits per heavy atom. The quantitative estimate of drug-likeness (QED) is 0.841. The van der Waals surface area contributed by atoms with Crippen molar-refractivity contribution >= 4 is 16.5 Å². The molecule has 0 saturated heterocycles. The number of aliphatic hydroxyl groups is 1. The largest absolute Gasteiger partial charge is 0.395 e. The van der Waals surface area contributed by atoms with Crippen LogP contribution in [0.15, 0.2) is 5.38 Å². The second-order valence-electron chi connectivity index (χ2n) is 6.45. The molecule has 3 rings (SSSR count). The summed E-state index contributed by atoms with van der Waals surface area (Å²) in [7, 11) is 2.16. The molecular formula is C16H27N3OS. The summed E-state index contributed by atoms with van der Waals surface area (Å²) in [5.41, 5.74) is 1.17. The molecule has 0 atom stereocenters. The van der Waals surface area contributed by atoms with Crippen LogP contribution >= 0.6 is 11.3 Å². The van der Waals surface area contributed by atoms with E-state index in [1.54, 1.807) is 11.3 Å². The Morgan fingerprint density at radius 3 is 2.62 bits per heavy atom. The highest BCUT2D eigenvalue weighted by Gasteiger charge is 2.28. The lowest BCUT2D eigenvalue weighted by Gasteiger charge is -2.33. The first-order valence-electron chi connectivity index (χ1n) is 8.30. The van der Waals surface area contributed by atoms with Gasteiger partial charge in [-0.1, -0.05) is 19.3 Å². The molecule has 0 bridgehead atoms. The molecule has 2 saturated carbocycles. The lowest BCUT2D eigenvalue weighted by Crippen LogP contribution is -2.38. The first kappa shape index (κ1) is 15.3. The molecule has 5 heteroatoms. The van der Waals surface area contributed by atoms with Crippen molar-refractivity contribution in [1.29, 1.82) is 0 Å². The van der Waals surface area contributed by atoms with E-state index in [0.717, 1.165) is 24.3 Å². The van der Waals surface area contributed by atoms with Crippen LogP contribution < -0.4 is 4.90 Å². The van der Waals surface area contributed by atoms with Crippen LogP contribution in [0, 0.1) is 0 Å². The van der Waals surface area contributed by atoms with E-state index < -0.39 is 0 Å². The molecule has 0 aliphatic heterocycles. The molecule has 2 aliphatic rings. The zero-order valence-corrected chi connectivity index (χ0v) is 13.8. The Bertz CT molecular complexity index is 440. The standard InChI is InChI=1S/C16H27N3OS/c1-18(14-7-8-14)16-17-13(12-21-16)11-19(9-10-20)15-5-3-2-4-6-15/h12,14-15,20H,2-11H2,1H3. The number of aliphatic hydroxyl groups excluding tert-OH is 1. The van der Waals surface area contributed by atoms with Crippen molar-refractivity contribution in [1.82, 2.24) is 9.88 Å². The molecule has 1 N–H and O–H groups in total. The topological polar surface area (TPSA) is 39.6 Å². The Kier molecular flexibility index (Phi) is 5.14. The zero-order chi connectivity index (χ0) is 14.7. The first-order valence-corrected chi connectivity index (χ1v) is 9.18. The van der Waals surface area contributed by atoms with Crippen LogP contribution in [0.3, 0.4) is 0 Å². The van der Waals surface area contributed by atoms with E-state index in [4.69, 9.17) is 4.98 Å². The summed E-state index contributed by atoms with van der Waals surface area (Å²) in [6, 6.07) is 1.35. The van der Waals surface area contributed by atoms with E-state index >= 15 is 0 Å². The minimum Gasteiger partial charge on any atom is -0.395 e. The monoisotopic (exact) mass is 309 g/mol. The molecular weight excluding hydrogens is 282 g/mol. The zero-order valence-electron chi connectivity index (χ0n) is 13.0. The summed E-state index contributed by atoms with van der Waals surface area (Å²) in [4.78, 5) is 9.57. The maximum atomic E-state index is 9.35. The smallest absolute Gasteiger partial charge is 0.185 e. The lowest BCUT2D eigenvalue weighted by molar-refractivity contribution is 0.116. The molecule has 2 fully saturated rings. The van der Waals surface area contributed by atoms with Gasteiger partial charge in [0.25, 0.3) is 0 Å². The molecule has 4 nitrogen and oxygen atoms in total. The Labute approximate surface area is 131 Å². The third-order valence-corrected chi connectivity index (χ3v) is 5.76. The van der Waals surface area contributed by atoms with Gasteiger partial charge in [-0.05, 0) is 25.7 Å². The molecule has 1 aromatic heterocycles. The molecule has 0 aromatic carbocycles. The lowest BCUT2D eigenvalue weighted by atomic mass is 9.94. The summed E-state index contributed by atoms with van der Waals surface area (Å²) in [5, 5.41) is 12.7. The van der Waals surface area contributed by atoms with E-state index in [2.05, 4.69) is 22.2 Å². The minimum atomic E-state index is 0.246. The van der Waals surface area contributed by atoms with E-state index in [1.807, 2.05) is 0 Å². The summed E-state index contributed by atoms with van der Waals surface area (Å²) < 4.78 is 0. The van der Waals surface area contributed by atoms with Crippen LogP contribution in [0.1, 0.15) is 50.6 Å². The summed E-state index contributed by atoms with van der Waals surface area (Å²) in [6.07, 6.45) is 9.21. The average molecular weight is 309 g/mol. The Balaban J connectivity index is 1.61. The highest BCUT2D eigenvalue weighted by molar-refractivity contribution is 7.13. The van der Waals surface area contributed by atoms with Gasteiger partial charge >= 0.3 is 0 Å². The van der Waals surface area contributed by atoms with Crippen molar-refractivity contribution in [2.75, 3.05) is 25.1 Å². The number of hydrogen-bond acceptors (Lipinski definition) is 5. The predicted molar refractivity (Wildman–Crippen MR) is 87.9 cm³/mol. The molecule has 0 amide bonds. The molecule has 118 valence electrons. The fourth-order valence-electron chi connectivity index (χ4n) is 3.32. The van der Waals surface area contributed by atoms with Gasteiger partial charge in [-0.3, -0.25) is 4.90 Å². The fraction of sp³-hybridized carbons (Fsp3) is 0.812. The molecule has 0 spiro atoms. The van der Waals surface area contributed by atoms with E-state index in [1.165, 1.54) is 50.6 Å². The van der Waals surface area contributed by atoms with Gasteiger partial charge < -0.3 is 10.0 Å². The Morgan fingerprint density at radius 1 is 1.19 bits per heavy atom. The van der Waals surface area contributed by atoms with Gasteiger partial charge in [-0.25, -0.2) is 4.98 Å².